The van der Waals surface area contributed by atoms with E-state index in [1.165, 1.54) is 6.42 Å². The topological polar surface area (TPSA) is 70.2 Å². The van der Waals surface area contributed by atoms with Crippen LogP contribution in [0.25, 0.3) is 0 Å². The van der Waals surface area contributed by atoms with Gasteiger partial charge in [-0.15, -0.1) is 0 Å². The molecule has 1 atom stereocenters. The maximum atomic E-state index is 11.3. The molecule has 0 amide bonds. The van der Waals surface area contributed by atoms with E-state index < -0.39 is 10.2 Å². The summed E-state index contributed by atoms with van der Waals surface area (Å²) in [6, 6.07) is 0.485. The molecule has 1 heterocycles. The highest BCUT2D eigenvalue weighted by molar-refractivity contribution is 7.87. The first-order valence-corrected chi connectivity index (χ1v) is 7.10. The molecule has 0 aliphatic carbocycles. The summed E-state index contributed by atoms with van der Waals surface area (Å²) in [4.78, 5) is 0. The first-order chi connectivity index (χ1) is 7.14. The van der Waals surface area contributed by atoms with Gasteiger partial charge in [-0.3, -0.25) is 0 Å². The number of rotatable bonds is 7. The lowest BCUT2D eigenvalue weighted by atomic mass is 10.2. The molecule has 0 unspecified atom stereocenters. The largest absolute Gasteiger partial charge is 0.314 e. The third kappa shape index (κ3) is 5.46. The van der Waals surface area contributed by atoms with Gasteiger partial charge in [0.05, 0.1) is 0 Å². The van der Waals surface area contributed by atoms with Crippen LogP contribution in [-0.4, -0.2) is 34.1 Å². The zero-order valence-corrected chi connectivity index (χ0v) is 10.1. The van der Waals surface area contributed by atoms with E-state index in [4.69, 9.17) is 0 Å². The lowest BCUT2D eigenvalue weighted by Crippen LogP contribution is -2.39. The van der Waals surface area contributed by atoms with Gasteiger partial charge in [-0.1, -0.05) is 6.92 Å². The molecule has 1 saturated heterocycles. The van der Waals surface area contributed by atoms with Gasteiger partial charge in [0.1, 0.15) is 0 Å². The van der Waals surface area contributed by atoms with Gasteiger partial charge in [0.2, 0.25) is 0 Å². The molecule has 1 fully saturated rings. The Balaban J connectivity index is 2.12. The molecule has 90 valence electrons. The van der Waals surface area contributed by atoms with Crippen molar-refractivity contribution in [3.8, 4) is 0 Å². The minimum absolute atomic E-state index is 0.485. The maximum Gasteiger partial charge on any atom is 0.276 e. The molecule has 15 heavy (non-hydrogen) atoms. The summed E-state index contributed by atoms with van der Waals surface area (Å²) < 4.78 is 27.7. The number of nitrogens with one attached hydrogen (secondary N) is 3. The minimum atomic E-state index is -3.26. The van der Waals surface area contributed by atoms with E-state index in [0.717, 1.165) is 25.8 Å². The van der Waals surface area contributed by atoms with Crippen molar-refractivity contribution < 1.29 is 8.42 Å². The smallest absolute Gasteiger partial charge is 0.276 e. The van der Waals surface area contributed by atoms with Crippen LogP contribution in [0.2, 0.25) is 0 Å². The van der Waals surface area contributed by atoms with E-state index in [9.17, 15) is 8.42 Å². The fraction of sp³-hybridized carbons (Fsp3) is 1.00. The van der Waals surface area contributed by atoms with Crippen LogP contribution < -0.4 is 14.8 Å². The summed E-state index contributed by atoms with van der Waals surface area (Å²) in [7, 11) is -3.26. The van der Waals surface area contributed by atoms with Crippen molar-refractivity contribution in [2.45, 2.75) is 38.6 Å². The van der Waals surface area contributed by atoms with E-state index in [2.05, 4.69) is 14.8 Å². The summed E-state index contributed by atoms with van der Waals surface area (Å²) in [6.45, 7) is 4.00. The fourth-order valence-corrected chi connectivity index (χ4v) is 2.62. The van der Waals surface area contributed by atoms with E-state index in [1.54, 1.807) is 0 Å². The maximum absolute atomic E-state index is 11.3. The lowest BCUT2D eigenvalue weighted by molar-refractivity contribution is 0.533. The van der Waals surface area contributed by atoms with Crippen LogP contribution >= 0.6 is 0 Å². The third-order valence-electron chi connectivity index (χ3n) is 2.49. The molecule has 5 nitrogen and oxygen atoms in total. The van der Waals surface area contributed by atoms with Gasteiger partial charge in [-0.2, -0.15) is 8.42 Å². The molecular formula is C9H21N3O2S. The van der Waals surface area contributed by atoms with Gasteiger partial charge in [0.25, 0.3) is 10.2 Å². The summed E-state index contributed by atoms with van der Waals surface area (Å²) in [5.41, 5.74) is 0. The van der Waals surface area contributed by atoms with Crippen molar-refractivity contribution in [1.82, 2.24) is 14.8 Å². The Morgan fingerprint density at radius 1 is 1.33 bits per heavy atom. The number of hydrogen-bond donors (Lipinski definition) is 3. The van der Waals surface area contributed by atoms with Gasteiger partial charge >= 0.3 is 0 Å². The monoisotopic (exact) mass is 235 g/mol. The van der Waals surface area contributed by atoms with E-state index in [0.29, 0.717) is 19.1 Å². The standard InChI is InChI=1S/C9H21N3O2S/c1-2-6-11-15(13,14)12-8-5-9-4-3-7-10-9/h9-12H,2-8H2,1H3/t9-/m0/s1. The van der Waals surface area contributed by atoms with Crippen LogP contribution in [-0.2, 0) is 10.2 Å². The van der Waals surface area contributed by atoms with Crippen LogP contribution in [0.1, 0.15) is 32.6 Å². The van der Waals surface area contributed by atoms with E-state index in [-0.39, 0.29) is 0 Å². The fourth-order valence-electron chi connectivity index (χ4n) is 1.66. The molecule has 0 aromatic heterocycles. The van der Waals surface area contributed by atoms with E-state index in [1.807, 2.05) is 6.92 Å². The quantitative estimate of drug-likeness (QED) is 0.580. The summed E-state index contributed by atoms with van der Waals surface area (Å²) in [6.07, 6.45) is 4.04. The zero-order valence-electron chi connectivity index (χ0n) is 9.25. The van der Waals surface area contributed by atoms with Gasteiger partial charge < -0.3 is 5.32 Å². The van der Waals surface area contributed by atoms with Crippen LogP contribution in [0, 0.1) is 0 Å². The van der Waals surface area contributed by atoms with E-state index >= 15 is 0 Å². The van der Waals surface area contributed by atoms with Crippen molar-refractivity contribution in [3.05, 3.63) is 0 Å². The second-order valence-corrected chi connectivity index (χ2v) is 5.46. The summed E-state index contributed by atoms with van der Waals surface area (Å²) in [5.74, 6) is 0. The van der Waals surface area contributed by atoms with Crippen molar-refractivity contribution in [2.24, 2.45) is 0 Å². The molecule has 1 aliphatic heterocycles. The second kappa shape index (κ2) is 6.42. The van der Waals surface area contributed by atoms with Crippen LogP contribution in [0.4, 0.5) is 0 Å². The number of hydrogen-bond acceptors (Lipinski definition) is 3. The average molecular weight is 235 g/mol. The molecule has 0 aromatic rings. The third-order valence-corrected chi connectivity index (χ3v) is 3.66. The highest BCUT2D eigenvalue weighted by Crippen LogP contribution is 2.07. The van der Waals surface area contributed by atoms with Crippen LogP contribution in [0.3, 0.4) is 0 Å². The first kappa shape index (κ1) is 12.9. The molecule has 0 radical (unpaired) electrons. The Morgan fingerprint density at radius 2 is 2.07 bits per heavy atom. The molecule has 1 aliphatic rings. The second-order valence-electron chi connectivity index (χ2n) is 3.87. The molecule has 3 N–H and O–H groups in total. The predicted octanol–water partition coefficient (Wildman–Crippen LogP) is -0.0375. The minimum Gasteiger partial charge on any atom is -0.314 e. The van der Waals surface area contributed by atoms with Gasteiger partial charge in [0, 0.05) is 19.1 Å². The Labute approximate surface area is 92.2 Å². The molecule has 0 saturated carbocycles. The Hall–Kier alpha value is -0.170. The zero-order chi connectivity index (χ0) is 11.1. The highest BCUT2D eigenvalue weighted by Gasteiger charge is 2.14. The van der Waals surface area contributed by atoms with Gasteiger partial charge in [0.15, 0.2) is 0 Å². The summed E-state index contributed by atoms with van der Waals surface area (Å²) >= 11 is 0. The molecule has 6 heteroatoms. The van der Waals surface area contributed by atoms with Crippen LogP contribution in [0.5, 0.6) is 0 Å². The summed E-state index contributed by atoms with van der Waals surface area (Å²) in [5, 5.41) is 3.33. The normalized spacial score (nSPS) is 22.1. The molecule has 0 bridgehead atoms. The Kier molecular flexibility index (Phi) is 5.52. The lowest BCUT2D eigenvalue weighted by Gasteiger charge is -2.11. The van der Waals surface area contributed by atoms with Crippen molar-refractivity contribution in [2.75, 3.05) is 19.6 Å². The van der Waals surface area contributed by atoms with Crippen molar-refractivity contribution in [1.29, 1.82) is 0 Å². The predicted molar refractivity (Wildman–Crippen MR) is 60.9 cm³/mol. The molecule has 0 spiro atoms. The van der Waals surface area contributed by atoms with Crippen molar-refractivity contribution >= 4 is 10.2 Å². The SMILES string of the molecule is CCCNS(=O)(=O)NCC[C@@H]1CCCN1. The van der Waals surface area contributed by atoms with Gasteiger partial charge in [-0.05, 0) is 32.2 Å². The van der Waals surface area contributed by atoms with Crippen molar-refractivity contribution in [3.63, 3.8) is 0 Å². The molecular weight excluding hydrogens is 214 g/mol. The Bertz CT molecular complexity index is 261. The van der Waals surface area contributed by atoms with Gasteiger partial charge in [-0.25, -0.2) is 9.44 Å². The Morgan fingerprint density at radius 3 is 2.67 bits per heavy atom. The first-order valence-electron chi connectivity index (χ1n) is 5.61. The molecule has 0 aromatic carbocycles. The average Bonchev–Trinajstić information content (AvgIpc) is 2.67. The molecule has 1 rings (SSSR count). The highest BCUT2D eigenvalue weighted by atomic mass is 32.2. The van der Waals surface area contributed by atoms with Crippen LogP contribution in [0.15, 0.2) is 0 Å².